The summed E-state index contributed by atoms with van der Waals surface area (Å²) >= 11 is 3.24. The van der Waals surface area contributed by atoms with Crippen LogP contribution in [-0.2, 0) is 16.0 Å². The Labute approximate surface area is 83.5 Å². The average molecular weight is 243 g/mol. The zero-order valence-electron chi connectivity index (χ0n) is 6.66. The van der Waals surface area contributed by atoms with Crippen LogP contribution in [0.3, 0.4) is 0 Å². The molecule has 0 saturated carbocycles. The number of aliphatic carboxylic acids is 1. The molecule has 0 aliphatic heterocycles. The first-order valence-electron chi connectivity index (χ1n) is 3.60. The van der Waals surface area contributed by atoms with Crippen LogP contribution in [0.1, 0.15) is 5.56 Å². The third kappa shape index (κ3) is 2.99. The monoisotopic (exact) mass is 242 g/mol. The number of carboxylic acid groups (broad SMARTS) is 1. The first-order chi connectivity index (χ1) is 6.09. The Bertz CT molecular complexity index is 329. The van der Waals surface area contributed by atoms with E-state index < -0.39 is 11.8 Å². The predicted molar refractivity (Wildman–Crippen MR) is 50.5 cm³/mol. The summed E-state index contributed by atoms with van der Waals surface area (Å²) in [6, 6.07) is 6.96. The Morgan fingerprint density at radius 2 is 1.77 bits per heavy atom. The summed E-state index contributed by atoms with van der Waals surface area (Å²) < 4.78 is 0.902. The third-order valence-corrected chi connectivity index (χ3v) is 2.05. The maximum atomic E-state index is 10.8. The van der Waals surface area contributed by atoms with Crippen molar-refractivity contribution in [3.05, 3.63) is 34.3 Å². The van der Waals surface area contributed by atoms with Crippen molar-refractivity contribution < 1.29 is 14.7 Å². The number of carbonyl (C=O) groups is 2. The number of carbonyl (C=O) groups excluding carboxylic acids is 1. The summed E-state index contributed by atoms with van der Waals surface area (Å²) in [5.74, 6) is -2.18. The van der Waals surface area contributed by atoms with Gasteiger partial charge in [-0.2, -0.15) is 0 Å². The Morgan fingerprint density at radius 1 is 1.23 bits per heavy atom. The topological polar surface area (TPSA) is 54.4 Å². The lowest BCUT2D eigenvalue weighted by molar-refractivity contribution is -0.148. The van der Waals surface area contributed by atoms with Gasteiger partial charge in [0.05, 0.1) is 0 Å². The van der Waals surface area contributed by atoms with Gasteiger partial charge in [0.1, 0.15) is 0 Å². The molecule has 0 unspecified atom stereocenters. The lowest BCUT2D eigenvalue weighted by Crippen LogP contribution is -2.14. The van der Waals surface area contributed by atoms with E-state index in [2.05, 4.69) is 15.9 Å². The maximum Gasteiger partial charge on any atom is 0.372 e. The van der Waals surface area contributed by atoms with E-state index in [-0.39, 0.29) is 6.42 Å². The molecule has 1 rings (SSSR count). The molecule has 0 amide bonds. The van der Waals surface area contributed by atoms with Gasteiger partial charge >= 0.3 is 5.97 Å². The molecule has 0 atom stereocenters. The lowest BCUT2D eigenvalue weighted by atomic mass is 10.1. The van der Waals surface area contributed by atoms with Crippen molar-refractivity contribution in [2.24, 2.45) is 0 Å². The van der Waals surface area contributed by atoms with Gasteiger partial charge in [0, 0.05) is 10.9 Å². The summed E-state index contributed by atoms with van der Waals surface area (Å²) in [5.41, 5.74) is 0.704. The largest absolute Gasteiger partial charge is 0.475 e. The van der Waals surface area contributed by atoms with Crippen molar-refractivity contribution in [3.8, 4) is 0 Å². The average Bonchev–Trinajstić information content (AvgIpc) is 2.08. The summed E-state index contributed by atoms with van der Waals surface area (Å²) in [6.07, 6.45) is -0.0530. The molecular weight excluding hydrogens is 236 g/mol. The minimum Gasteiger partial charge on any atom is -0.475 e. The van der Waals surface area contributed by atoms with Crippen LogP contribution in [0.25, 0.3) is 0 Å². The van der Waals surface area contributed by atoms with E-state index in [1.54, 1.807) is 24.3 Å². The van der Waals surface area contributed by atoms with Gasteiger partial charge in [0.15, 0.2) is 0 Å². The van der Waals surface area contributed by atoms with Gasteiger partial charge in [-0.1, -0.05) is 28.1 Å². The van der Waals surface area contributed by atoms with Gasteiger partial charge in [-0.3, -0.25) is 4.79 Å². The molecule has 0 bridgehead atoms. The van der Waals surface area contributed by atoms with Crippen molar-refractivity contribution in [3.63, 3.8) is 0 Å². The van der Waals surface area contributed by atoms with Crippen molar-refractivity contribution >= 4 is 27.7 Å². The smallest absolute Gasteiger partial charge is 0.372 e. The molecule has 3 nitrogen and oxygen atoms in total. The molecule has 0 aromatic heterocycles. The van der Waals surface area contributed by atoms with Crippen LogP contribution >= 0.6 is 15.9 Å². The van der Waals surface area contributed by atoms with Gasteiger partial charge < -0.3 is 5.11 Å². The fourth-order valence-electron chi connectivity index (χ4n) is 0.863. The summed E-state index contributed by atoms with van der Waals surface area (Å²) in [5, 5.41) is 8.34. The standard InChI is InChI=1S/C9H7BrO3/c10-7-3-1-6(2-4-7)5-8(11)9(12)13/h1-4H,5H2,(H,12,13). The molecular formula is C9H7BrO3. The Kier molecular flexibility index (Phi) is 3.19. The van der Waals surface area contributed by atoms with E-state index in [0.29, 0.717) is 5.56 Å². The normalized spacial score (nSPS) is 9.62. The second-order valence-corrected chi connectivity index (χ2v) is 3.45. The van der Waals surface area contributed by atoms with Crippen LogP contribution in [0, 0.1) is 0 Å². The number of ketones is 1. The van der Waals surface area contributed by atoms with Crippen LogP contribution in [0.5, 0.6) is 0 Å². The highest BCUT2D eigenvalue weighted by molar-refractivity contribution is 9.10. The number of halogens is 1. The summed E-state index contributed by atoms with van der Waals surface area (Å²) in [6.45, 7) is 0. The van der Waals surface area contributed by atoms with Gasteiger partial charge in [0.2, 0.25) is 5.78 Å². The SMILES string of the molecule is O=C(O)C(=O)Cc1ccc(Br)cc1. The van der Waals surface area contributed by atoms with Crippen molar-refractivity contribution in [2.75, 3.05) is 0 Å². The van der Waals surface area contributed by atoms with E-state index >= 15 is 0 Å². The molecule has 1 N–H and O–H groups in total. The Morgan fingerprint density at radius 3 is 2.23 bits per heavy atom. The molecule has 4 heteroatoms. The number of Topliss-reactive ketones (excluding diaryl/α,β-unsaturated/α-hetero) is 1. The van der Waals surface area contributed by atoms with Crippen molar-refractivity contribution in [2.45, 2.75) is 6.42 Å². The van der Waals surface area contributed by atoms with E-state index in [9.17, 15) is 9.59 Å². The molecule has 0 aliphatic rings. The fourth-order valence-corrected chi connectivity index (χ4v) is 1.13. The number of carboxylic acids is 1. The first kappa shape index (κ1) is 9.92. The number of hydrogen-bond donors (Lipinski definition) is 1. The van der Waals surface area contributed by atoms with Gasteiger partial charge in [-0.05, 0) is 17.7 Å². The first-order valence-corrected chi connectivity index (χ1v) is 4.39. The van der Waals surface area contributed by atoms with Crippen LogP contribution in [0.4, 0.5) is 0 Å². The summed E-state index contributed by atoms with van der Waals surface area (Å²) in [7, 11) is 0. The summed E-state index contributed by atoms with van der Waals surface area (Å²) in [4.78, 5) is 21.0. The quantitative estimate of drug-likeness (QED) is 0.821. The number of hydrogen-bond acceptors (Lipinski definition) is 2. The highest BCUT2D eigenvalue weighted by Crippen LogP contribution is 2.10. The Balaban J connectivity index is 2.70. The fraction of sp³-hybridized carbons (Fsp3) is 0.111. The molecule has 1 aromatic carbocycles. The van der Waals surface area contributed by atoms with E-state index in [1.165, 1.54) is 0 Å². The molecule has 0 saturated heterocycles. The van der Waals surface area contributed by atoms with Crippen LogP contribution in [0.2, 0.25) is 0 Å². The third-order valence-electron chi connectivity index (χ3n) is 1.52. The lowest BCUT2D eigenvalue weighted by Gasteiger charge is -1.97. The molecule has 0 radical (unpaired) electrons. The number of rotatable bonds is 3. The maximum absolute atomic E-state index is 10.8. The molecule has 0 spiro atoms. The molecule has 68 valence electrons. The highest BCUT2D eigenvalue weighted by atomic mass is 79.9. The van der Waals surface area contributed by atoms with Crippen LogP contribution < -0.4 is 0 Å². The van der Waals surface area contributed by atoms with Gasteiger partial charge in [0.25, 0.3) is 0 Å². The molecule has 0 aliphatic carbocycles. The zero-order valence-corrected chi connectivity index (χ0v) is 8.24. The molecule has 13 heavy (non-hydrogen) atoms. The van der Waals surface area contributed by atoms with E-state index in [1.807, 2.05) is 0 Å². The molecule has 0 heterocycles. The predicted octanol–water partition coefficient (Wildman–Crippen LogP) is 1.65. The van der Waals surface area contributed by atoms with Gasteiger partial charge in [-0.25, -0.2) is 4.79 Å². The molecule has 1 aromatic rings. The molecule has 0 fully saturated rings. The van der Waals surface area contributed by atoms with Crippen LogP contribution in [-0.4, -0.2) is 16.9 Å². The van der Waals surface area contributed by atoms with Gasteiger partial charge in [-0.15, -0.1) is 0 Å². The van der Waals surface area contributed by atoms with E-state index in [0.717, 1.165) is 4.47 Å². The van der Waals surface area contributed by atoms with E-state index in [4.69, 9.17) is 5.11 Å². The van der Waals surface area contributed by atoms with Crippen molar-refractivity contribution in [1.82, 2.24) is 0 Å². The zero-order chi connectivity index (χ0) is 9.84. The highest BCUT2D eigenvalue weighted by Gasteiger charge is 2.11. The van der Waals surface area contributed by atoms with Crippen molar-refractivity contribution in [1.29, 1.82) is 0 Å². The minimum absolute atomic E-state index is 0.0530. The minimum atomic E-state index is -1.39. The number of benzene rings is 1. The second-order valence-electron chi connectivity index (χ2n) is 2.53. The second kappa shape index (κ2) is 4.18. The Hall–Kier alpha value is -1.16. The van der Waals surface area contributed by atoms with Crippen LogP contribution in [0.15, 0.2) is 28.7 Å².